The number of rotatable bonds is 6. The van der Waals surface area contributed by atoms with Gasteiger partial charge in [-0.05, 0) is 27.2 Å². The Labute approximate surface area is 97.4 Å². The van der Waals surface area contributed by atoms with E-state index in [4.69, 9.17) is 5.11 Å². The second-order valence-electron chi connectivity index (χ2n) is 4.97. The molecule has 0 atom stereocenters. The number of aliphatic carboxylic acids is 1. The Morgan fingerprint density at radius 1 is 1.31 bits per heavy atom. The number of hydrogen-bond donors (Lipinski definition) is 1. The highest BCUT2D eigenvalue weighted by atomic mass is 32.2. The summed E-state index contributed by atoms with van der Waals surface area (Å²) in [6, 6.07) is 0. The van der Waals surface area contributed by atoms with Gasteiger partial charge >= 0.3 is 5.97 Å². The van der Waals surface area contributed by atoms with Gasteiger partial charge in [0.15, 0.2) is 0 Å². The van der Waals surface area contributed by atoms with Crippen molar-refractivity contribution in [2.75, 3.05) is 25.1 Å². The van der Waals surface area contributed by atoms with Crippen molar-refractivity contribution in [2.24, 2.45) is 0 Å². The molecule has 0 aromatic heterocycles. The van der Waals surface area contributed by atoms with Crippen LogP contribution in [0.1, 0.15) is 27.2 Å². The smallest absolute Gasteiger partial charge is 0.317 e. The third-order valence-electron chi connectivity index (χ3n) is 2.22. The van der Waals surface area contributed by atoms with Crippen LogP contribution in [0, 0.1) is 0 Å². The molecule has 0 bridgehead atoms. The fourth-order valence-corrected chi connectivity index (χ4v) is 1.99. The van der Waals surface area contributed by atoms with E-state index in [-0.39, 0.29) is 17.8 Å². The summed E-state index contributed by atoms with van der Waals surface area (Å²) in [5.74, 6) is -0.798. The summed E-state index contributed by atoms with van der Waals surface area (Å²) >= 11 is 0. The van der Waals surface area contributed by atoms with Crippen LogP contribution in [0.2, 0.25) is 0 Å². The van der Waals surface area contributed by atoms with E-state index in [0.29, 0.717) is 13.0 Å². The van der Waals surface area contributed by atoms with Crippen molar-refractivity contribution in [1.82, 2.24) is 4.90 Å². The lowest BCUT2D eigenvalue weighted by molar-refractivity contribution is -0.139. The van der Waals surface area contributed by atoms with Gasteiger partial charge in [-0.25, -0.2) is 8.42 Å². The Morgan fingerprint density at radius 2 is 1.81 bits per heavy atom. The van der Waals surface area contributed by atoms with Gasteiger partial charge in [-0.15, -0.1) is 0 Å². The third-order valence-corrected chi connectivity index (χ3v) is 3.25. The largest absolute Gasteiger partial charge is 0.480 e. The standard InChI is InChI=1S/C10H21NO4S/c1-10(2,3)11(8-9(12)13)6-5-7-16(4,14)15/h5-8H2,1-4H3,(H,12,13). The maximum Gasteiger partial charge on any atom is 0.317 e. The zero-order chi connectivity index (χ0) is 13.0. The monoisotopic (exact) mass is 251 g/mol. The minimum Gasteiger partial charge on any atom is -0.480 e. The van der Waals surface area contributed by atoms with Gasteiger partial charge in [0.2, 0.25) is 0 Å². The van der Waals surface area contributed by atoms with E-state index >= 15 is 0 Å². The van der Waals surface area contributed by atoms with Crippen molar-refractivity contribution in [1.29, 1.82) is 0 Å². The van der Waals surface area contributed by atoms with E-state index in [9.17, 15) is 13.2 Å². The maximum atomic E-state index is 10.9. The second-order valence-corrected chi connectivity index (χ2v) is 7.23. The molecule has 0 aliphatic rings. The predicted octanol–water partition coefficient (Wildman–Crippen LogP) is 0.606. The Bertz CT molecular complexity index is 329. The topological polar surface area (TPSA) is 74.7 Å². The van der Waals surface area contributed by atoms with E-state index in [1.165, 1.54) is 6.26 Å². The first-order chi connectivity index (χ1) is 7.02. The molecule has 6 heteroatoms. The van der Waals surface area contributed by atoms with Crippen molar-refractivity contribution in [3.63, 3.8) is 0 Å². The summed E-state index contributed by atoms with van der Waals surface area (Å²) in [7, 11) is -2.97. The molecule has 0 spiro atoms. The molecular weight excluding hydrogens is 230 g/mol. The van der Waals surface area contributed by atoms with Gasteiger partial charge in [0.25, 0.3) is 0 Å². The van der Waals surface area contributed by atoms with Gasteiger partial charge in [0.1, 0.15) is 9.84 Å². The molecule has 5 nitrogen and oxygen atoms in total. The number of carbonyl (C=O) groups is 1. The van der Waals surface area contributed by atoms with Crippen LogP contribution in [0.3, 0.4) is 0 Å². The summed E-state index contributed by atoms with van der Waals surface area (Å²) in [5, 5.41) is 8.75. The first-order valence-electron chi connectivity index (χ1n) is 5.17. The van der Waals surface area contributed by atoms with Crippen LogP contribution in [0.5, 0.6) is 0 Å². The summed E-state index contributed by atoms with van der Waals surface area (Å²) in [5.41, 5.74) is -0.268. The quantitative estimate of drug-likeness (QED) is 0.748. The van der Waals surface area contributed by atoms with Crippen LogP contribution in [0.15, 0.2) is 0 Å². The Hall–Kier alpha value is -0.620. The number of carboxylic acid groups (broad SMARTS) is 1. The summed E-state index contributed by atoms with van der Waals surface area (Å²) in [6.07, 6.45) is 1.65. The zero-order valence-electron chi connectivity index (χ0n) is 10.4. The molecule has 0 amide bonds. The van der Waals surface area contributed by atoms with Crippen LogP contribution in [-0.2, 0) is 14.6 Å². The van der Waals surface area contributed by atoms with Gasteiger partial charge < -0.3 is 5.11 Å². The average molecular weight is 251 g/mol. The summed E-state index contributed by atoms with van der Waals surface area (Å²) < 4.78 is 21.9. The van der Waals surface area contributed by atoms with Gasteiger partial charge in [-0.3, -0.25) is 9.69 Å². The Balaban J connectivity index is 4.29. The van der Waals surface area contributed by atoms with Gasteiger partial charge in [0, 0.05) is 18.3 Å². The number of nitrogens with zero attached hydrogens (tertiary/aromatic N) is 1. The third kappa shape index (κ3) is 7.64. The molecular formula is C10H21NO4S. The van der Waals surface area contributed by atoms with Crippen molar-refractivity contribution >= 4 is 15.8 Å². The lowest BCUT2D eigenvalue weighted by Gasteiger charge is -2.34. The molecule has 0 aliphatic carbocycles. The highest BCUT2D eigenvalue weighted by Crippen LogP contribution is 2.13. The zero-order valence-corrected chi connectivity index (χ0v) is 11.2. The fraction of sp³-hybridized carbons (Fsp3) is 0.900. The van der Waals surface area contributed by atoms with Gasteiger partial charge in [-0.1, -0.05) is 0 Å². The highest BCUT2D eigenvalue weighted by Gasteiger charge is 2.23. The van der Waals surface area contributed by atoms with Crippen molar-refractivity contribution in [2.45, 2.75) is 32.7 Å². The van der Waals surface area contributed by atoms with E-state index in [1.807, 2.05) is 20.8 Å². The van der Waals surface area contributed by atoms with Crippen molar-refractivity contribution in [3.8, 4) is 0 Å². The van der Waals surface area contributed by atoms with Gasteiger partial charge in [0.05, 0.1) is 12.3 Å². The minimum atomic E-state index is -2.97. The molecule has 1 N–H and O–H groups in total. The summed E-state index contributed by atoms with van der Waals surface area (Å²) in [4.78, 5) is 12.4. The Morgan fingerprint density at radius 3 is 2.12 bits per heavy atom. The lowest BCUT2D eigenvalue weighted by Crippen LogP contribution is -2.45. The van der Waals surface area contributed by atoms with Crippen LogP contribution in [-0.4, -0.2) is 55.0 Å². The minimum absolute atomic E-state index is 0.0622. The first-order valence-corrected chi connectivity index (χ1v) is 7.23. The first kappa shape index (κ1) is 15.4. The van der Waals surface area contributed by atoms with Gasteiger partial charge in [-0.2, -0.15) is 0 Å². The molecule has 0 aromatic rings. The highest BCUT2D eigenvalue weighted by molar-refractivity contribution is 7.90. The van der Waals surface area contributed by atoms with E-state index in [1.54, 1.807) is 4.90 Å². The van der Waals surface area contributed by atoms with E-state index in [0.717, 1.165) is 0 Å². The van der Waals surface area contributed by atoms with Crippen LogP contribution in [0.25, 0.3) is 0 Å². The van der Waals surface area contributed by atoms with E-state index < -0.39 is 15.8 Å². The molecule has 0 aliphatic heterocycles. The molecule has 0 fully saturated rings. The molecule has 0 saturated heterocycles. The second kappa shape index (κ2) is 5.63. The predicted molar refractivity (Wildman–Crippen MR) is 63.3 cm³/mol. The van der Waals surface area contributed by atoms with Crippen molar-refractivity contribution < 1.29 is 18.3 Å². The Kier molecular flexibility index (Phi) is 5.41. The number of sulfone groups is 1. The van der Waals surface area contributed by atoms with Crippen molar-refractivity contribution in [3.05, 3.63) is 0 Å². The fourth-order valence-electron chi connectivity index (χ4n) is 1.33. The average Bonchev–Trinajstić information content (AvgIpc) is 1.97. The number of carboxylic acids is 1. The molecule has 0 heterocycles. The number of hydrogen-bond acceptors (Lipinski definition) is 4. The molecule has 16 heavy (non-hydrogen) atoms. The molecule has 96 valence electrons. The van der Waals surface area contributed by atoms with Crippen LogP contribution >= 0.6 is 0 Å². The molecule has 0 saturated carbocycles. The maximum absolute atomic E-state index is 10.9. The summed E-state index contributed by atoms with van der Waals surface area (Å²) in [6.45, 7) is 6.15. The SMILES string of the molecule is CC(C)(C)N(CCCS(C)(=O)=O)CC(=O)O. The van der Waals surface area contributed by atoms with Crippen LogP contribution < -0.4 is 0 Å². The molecule has 0 aromatic carbocycles. The van der Waals surface area contributed by atoms with Crippen LogP contribution in [0.4, 0.5) is 0 Å². The normalized spacial score (nSPS) is 13.1. The van der Waals surface area contributed by atoms with E-state index in [2.05, 4.69) is 0 Å². The lowest BCUT2D eigenvalue weighted by atomic mass is 10.1. The molecule has 0 unspecified atom stereocenters. The molecule has 0 radical (unpaired) electrons. The molecule has 0 rings (SSSR count).